The molecule has 0 unspecified atom stereocenters. The Labute approximate surface area is 194 Å². The molecule has 9 nitrogen and oxygen atoms in total. The van der Waals surface area contributed by atoms with Crippen LogP contribution in [0.15, 0.2) is 30.6 Å². The zero-order valence-electron chi connectivity index (χ0n) is 18.4. The summed E-state index contributed by atoms with van der Waals surface area (Å²) in [5, 5.41) is 6.08. The molecule has 1 aromatic carbocycles. The van der Waals surface area contributed by atoms with Crippen LogP contribution in [0.2, 0.25) is 0 Å². The van der Waals surface area contributed by atoms with Crippen molar-refractivity contribution in [3.8, 4) is 0 Å². The number of fused-ring (bicyclic) bond motifs is 1. The summed E-state index contributed by atoms with van der Waals surface area (Å²) < 4.78 is 43.5. The van der Waals surface area contributed by atoms with Crippen LogP contribution in [-0.2, 0) is 22.1 Å². The molecule has 4 rings (SSSR count). The maximum Gasteiger partial charge on any atom is 0.419 e. The van der Waals surface area contributed by atoms with Crippen LogP contribution in [0.1, 0.15) is 21.5 Å². The van der Waals surface area contributed by atoms with Gasteiger partial charge in [-0.3, -0.25) is 9.59 Å². The Morgan fingerprint density at radius 2 is 1.88 bits per heavy atom. The van der Waals surface area contributed by atoms with Gasteiger partial charge in [0, 0.05) is 62.9 Å². The second kappa shape index (κ2) is 10.2. The lowest BCUT2D eigenvalue weighted by atomic mass is 9.98. The maximum atomic E-state index is 12.7. The minimum absolute atomic E-state index is 0.0617. The third kappa shape index (κ3) is 5.56. The number of benzene rings is 1. The van der Waals surface area contributed by atoms with Gasteiger partial charge in [0.2, 0.25) is 11.9 Å². The highest BCUT2D eigenvalue weighted by Crippen LogP contribution is 2.28. The summed E-state index contributed by atoms with van der Waals surface area (Å²) in [4.78, 5) is 35.4. The number of nitrogens with one attached hydrogen (secondary N) is 2. The lowest BCUT2D eigenvalue weighted by molar-refractivity contribution is -0.138. The largest absolute Gasteiger partial charge is 0.419 e. The highest BCUT2D eigenvalue weighted by atomic mass is 19.4. The number of aromatic nitrogens is 2. The zero-order chi connectivity index (χ0) is 24.1. The molecule has 182 valence electrons. The fourth-order valence-corrected chi connectivity index (χ4v) is 3.93. The van der Waals surface area contributed by atoms with Crippen molar-refractivity contribution in [1.29, 1.82) is 0 Å². The number of amides is 2. The molecule has 12 heteroatoms. The Kier molecular flexibility index (Phi) is 7.15. The van der Waals surface area contributed by atoms with Gasteiger partial charge in [-0.15, -0.1) is 0 Å². The van der Waals surface area contributed by atoms with Crippen LogP contribution in [0.4, 0.5) is 24.8 Å². The van der Waals surface area contributed by atoms with E-state index in [2.05, 4.69) is 20.6 Å². The Morgan fingerprint density at radius 3 is 2.59 bits per heavy atom. The number of hydrogen-bond acceptors (Lipinski definition) is 7. The minimum Gasteiger partial charge on any atom is -0.382 e. The number of hydrogen-bond donors (Lipinski definition) is 2. The molecule has 0 spiro atoms. The monoisotopic (exact) mass is 478 g/mol. The van der Waals surface area contributed by atoms with Crippen molar-refractivity contribution in [2.24, 2.45) is 0 Å². The fourth-order valence-electron chi connectivity index (χ4n) is 3.93. The first-order valence-electron chi connectivity index (χ1n) is 11.0. The second-order valence-electron chi connectivity index (χ2n) is 7.95. The van der Waals surface area contributed by atoms with Gasteiger partial charge in [0.25, 0.3) is 5.91 Å². The van der Waals surface area contributed by atoms with E-state index < -0.39 is 11.7 Å². The Balaban J connectivity index is 1.17. The van der Waals surface area contributed by atoms with Crippen LogP contribution < -0.4 is 15.5 Å². The number of carbonyl (C=O) groups is 2. The number of anilines is 2. The van der Waals surface area contributed by atoms with Gasteiger partial charge in [-0.25, -0.2) is 9.97 Å². The first-order chi connectivity index (χ1) is 16.3. The first-order valence-corrected chi connectivity index (χ1v) is 11.0. The summed E-state index contributed by atoms with van der Waals surface area (Å²) >= 11 is 0. The molecule has 2 aliphatic rings. The van der Waals surface area contributed by atoms with E-state index >= 15 is 0 Å². The summed E-state index contributed by atoms with van der Waals surface area (Å²) in [6, 6.07) is 5.54. The molecule has 2 amide bonds. The molecule has 0 saturated carbocycles. The third-order valence-corrected chi connectivity index (χ3v) is 5.75. The van der Waals surface area contributed by atoms with Crippen molar-refractivity contribution in [2.45, 2.75) is 12.6 Å². The molecule has 2 aliphatic heterocycles. The molecule has 0 bridgehead atoms. The normalized spacial score (nSPS) is 16.1. The molecule has 0 radical (unpaired) electrons. The van der Waals surface area contributed by atoms with Crippen molar-refractivity contribution in [3.63, 3.8) is 0 Å². The molecule has 1 fully saturated rings. The molecule has 1 aromatic heterocycles. The smallest absolute Gasteiger partial charge is 0.382 e. The van der Waals surface area contributed by atoms with Gasteiger partial charge in [0.05, 0.1) is 12.2 Å². The van der Waals surface area contributed by atoms with E-state index in [1.54, 1.807) is 15.9 Å². The summed E-state index contributed by atoms with van der Waals surface area (Å²) in [5.41, 5.74) is 1.66. The van der Waals surface area contributed by atoms with Gasteiger partial charge in [0.1, 0.15) is 6.61 Å². The SMILES string of the molecule is O=C1NCCc2c(NCCOCC(=O)N3CCN(c4ncc(C(F)(F)F)cn4)CC3)cccc21. The van der Waals surface area contributed by atoms with Crippen molar-refractivity contribution < 1.29 is 27.5 Å². The van der Waals surface area contributed by atoms with Crippen LogP contribution in [0.5, 0.6) is 0 Å². The van der Waals surface area contributed by atoms with Crippen molar-refractivity contribution >= 4 is 23.5 Å². The number of rotatable bonds is 7. The number of nitrogens with zero attached hydrogens (tertiary/aromatic N) is 4. The number of halogens is 3. The maximum absolute atomic E-state index is 12.7. The standard InChI is InChI=1S/C22H25F3N6O3/c23-22(24,25)15-12-28-21(29-13-15)31-9-7-30(8-10-31)19(32)14-34-11-6-26-18-3-1-2-17-16(18)4-5-27-20(17)33/h1-3,12-13,26H,4-11,14H2,(H,27,33). The van der Waals surface area contributed by atoms with Crippen molar-refractivity contribution in [2.75, 3.05) is 62.7 Å². The second-order valence-corrected chi connectivity index (χ2v) is 7.95. The molecule has 2 N–H and O–H groups in total. The summed E-state index contributed by atoms with van der Waals surface area (Å²) in [5.74, 6) is -0.0125. The number of piperazine rings is 1. The average molecular weight is 478 g/mol. The highest BCUT2D eigenvalue weighted by molar-refractivity contribution is 5.98. The molecule has 34 heavy (non-hydrogen) atoms. The van der Waals surface area contributed by atoms with Crippen LogP contribution in [0, 0.1) is 0 Å². The van der Waals surface area contributed by atoms with Gasteiger partial charge in [-0.1, -0.05) is 6.07 Å². The molecular weight excluding hydrogens is 453 g/mol. The molecule has 0 atom stereocenters. The number of carbonyl (C=O) groups excluding carboxylic acids is 2. The van der Waals surface area contributed by atoms with Crippen LogP contribution in [0.25, 0.3) is 0 Å². The summed E-state index contributed by atoms with van der Waals surface area (Å²) in [6.07, 6.45) is -2.19. The first kappa shape index (κ1) is 23.7. The molecular formula is C22H25F3N6O3. The summed E-state index contributed by atoms with van der Waals surface area (Å²) in [7, 11) is 0. The lowest BCUT2D eigenvalue weighted by Crippen LogP contribution is -2.50. The molecule has 0 aliphatic carbocycles. The quantitative estimate of drug-likeness (QED) is 0.583. The van der Waals surface area contributed by atoms with E-state index in [4.69, 9.17) is 4.74 Å². The van der Waals surface area contributed by atoms with Gasteiger partial charge in [-0.2, -0.15) is 13.2 Å². The molecule has 3 heterocycles. The van der Waals surface area contributed by atoms with E-state index in [0.29, 0.717) is 51.4 Å². The van der Waals surface area contributed by atoms with Crippen molar-refractivity contribution in [1.82, 2.24) is 20.2 Å². The number of ether oxygens (including phenoxy) is 1. The van der Waals surface area contributed by atoms with Gasteiger partial charge in [0.15, 0.2) is 0 Å². The molecule has 2 aromatic rings. The van der Waals surface area contributed by atoms with Gasteiger partial charge in [-0.05, 0) is 24.1 Å². The average Bonchev–Trinajstić information content (AvgIpc) is 2.84. The lowest BCUT2D eigenvalue weighted by Gasteiger charge is -2.34. The topological polar surface area (TPSA) is 99.7 Å². The van der Waals surface area contributed by atoms with Crippen LogP contribution in [0.3, 0.4) is 0 Å². The Bertz CT molecular complexity index is 1020. The zero-order valence-corrected chi connectivity index (χ0v) is 18.4. The van der Waals surface area contributed by atoms with Crippen LogP contribution >= 0.6 is 0 Å². The van der Waals surface area contributed by atoms with Gasteiger partial charge >= 0.3 is 6.18 Å². The van der Waals surface area contributed by atoms with Crippen LogP contribution in [-0.4, -0.2) is 79.2 Å². The number of alkyl halides is 3. The highest BCUT2D eigenvalue weighted by Gasteiger charge is 2.32. The Hall–Kier alpha value is -3.41. The molecule has 1 saturated heterocycles. The van der Waals surface area contributed by atoms with Crippen molar-refractivity contribution in [3.05, 3.63) is 47.3 Å². The van der Waals surface area contributed by atoms with E-state index in [0.717, 1.165) is 30.1 Å². The van der Waals surface area contributed by atoms with E-state index in [1.165, 1.54) is 0 Å². The minimum atomic E-state index is -4.48. The predicted octanol–water partition coefficient (Wildman–Crippen LogP) is 1.56. The Morgan fingerprint density at radius 1 is 1.15 bits per heavy atom. The van der Waals surface area contributed by atoms with E-state index in [-0.39, 0.29) is 24.4 Å². The van der Waals surface area contributed by atoms with E-state index in [9.17, 15) is 22.8 Å². The van der Waals surface area contributed by atoms with E-state index in [1.807, 2.05) is 12.1 Å². The van der Waals surface area contributed by atoms with Gasteiger partial charge < -0.3 is 25.2 Å². The fraction of sp³-hybridized carbons (Fsp3) is 0.455. The third-order valence-electron chi connectivity index (χ3n) is 5.75. The predicted molar refractivity (Wildman–Crippen MR) is 118 cm³/mol. The summed E-state index contributed by atoms with van der Waals surface area (Å²) in [6.45, 7) is 3.01.